The van der Waals surface area contributed by atoms with Gasteiger partial charge in [0.1, 0.15) is 11.5 Å². The van der Waals surface area contributed by atoms with Crippen LogP contribution in [-0.4, -0.2) is 68.3 Å². The zero-order chi connectivity index (χ0) is 24.1. The van der Waals surface area contributed by atoms with E-state index in [0.717, 1.165) is 0 Å². The number of amides is 2. The van der Waals surface area contributed by atoms with Crippen LogP contribution in [-0.2, 0) is 16.1 Å². The molecule has 0 aliphatic carbocycles. The van der Waals surface area contributed by atoms with Gasteiger partial charge < -0.3 is 29.8 Å². The van der Waals surface area contributed by atoms with E-state index in [1.807, 2.05) is 23.6 Å². The van der Waals surface area contributed by atoms with Gasteiger partial charge in [0.25, 0.3) is 11.8 Å². The van der Waals surface area contributed by atoms with Crippen molar-refractivity contribution in [1.29, 1.82) is 0 Å². The quantitative estimate of drug-likeness (QED) is 0.280. The molecule has 4 aromatic rings. The van der Waals surface area contributed by atoms with Gasteiger partial charge in [-0.15, -0.1) is 0 Å². The molecular weight excluding hydrogens is 436 g/mol. The first-order chi connectivity index (χ1) is 16.2. The fourth-order valence-corrected chi connectivity index (χ4v) is 4.63. The molecule has 34 heavy (non-hydrogen) atoms. The minimum absolute atomic E-state index is 0.0178. The molecule has 9 nitrogen and oxygen atoms in total. The number of aromatic hydroxyl groups is 2. The number of carbonyl (C=O) groups excluding carboxylic acids is 2. The Morgan fingerprint density at radius 1 is 0.941 bits per heavy atom. The van der Waals surface area contributed by atoms with Gasteiger partial charge in [0, 0.05) is 58.4 Å². The second-order valence-corrected chi connectivity index (χ2v) is 8.78. The highest BCUT2D eigenvalue weighted by molar-refractivity contribution is 6.50. The number of benzene rings is 2. The Balaban J connectivity index is 1.74. The van der Waals surface area contributed by atoms with Gasteiger partial charge >= 0.3 is 0 Å². The number of aliphatic hydroxyl groups is 1. The first-order valence-corrected chi connectivity index (χ1v) is 10.8. The molecule has 0 fully saturated rings. The molecule has 0 saturated carbocycles. The minimum Gasteiger partial charge on any atom is -0.508 e. The van der Waals surface area contributed by atoms with Crippen LogP contribution in [0, 0.1) is 0 Å². The van der Waals surface area contributed by atoms with Crippen LogP contribution in [0.25, 0.3) is 33.0 Å². The molecule has 174 valence electrons. The lowest BCUT2D eigenvalue weighted by Crippen LogP contribution is -2.29. The molecular formula is C25H24N4O5. The van der Waals surface area contributed by atoms with Gasteiger partial charge in [0.05, 0.1) is 17.3 Å². The Labute approximate surface area is 194 Å². The van der Waals surface area contributed by atoms with E-state index in [2.05, 4.69) is 10.3 Å². The topological polar surface area (TPSA) is 131 Å². The third-order valence-corrected chi connectivity index (χ3v) is 5.98. The van der Waals surface area contributed by atoms with Crippen LogP contribution in [0.2, 0.25) is 0 Å². The lowest BCUT2D eigenvalue weighted by atomic mass is 9.95. The molecule has 5 N–H and O–H groups in total. The number of fused-ring (bicyclic) bond motifs is 2. The SMILES string of the molecule is CN(C)CC(O)Cn1cc(C2=C(c3c[nH]c4ccc(O)cc34)C(=O)NC2=O)c2cc(O)ccc21. The zero-order valence-corrected chi connectivity index (χ0v) is 18.7. The number of likely N-dealkylation sites (N-methyl/N-ethyl adjacent to an activating group) is 1. The van der Waals surface area contributed by atoms with Gasteiger partial charge in [-0.05, 0) is 50.5 Å². The summed E-state index contributed by atoms with van der Waals surface area (Å²) in [6, 6.07) is 9.57. The summed E-state index contributed by atoms with van der Waals surface area (Å²) in [7, 11) is 3.73. The number of H-pyrrole nitrogens is 1. The molecule has 9 heteroatoms. The maximum absolute atomic E-state index is 13.0. The normalized spacial score (nSPS) is 15.2. The van der Waals surface area contributed by atoms with Gasteiger partial charge in [0.15, 0.2) is 0 Å². The van der Waals surface area contributed by atoms with Crippen molar-refractivity contribution in [1.82, 2.24) is 19.8 Å². The summed E-state index contributed by atoms with van der Waals surface area (Å²) in [5.74, 6) is -1.04. The number of carbonyl (C=O) groups is 2. The number of aromatic nitrogens is 2. The van der Waals surface area contributed by atoms with E-state index in [4.69, 9.17) is 0 Å². The van der Waals surface area contributed by atoms with Crippen LogP contribution in [0.4, 0.5) is 0 Å². The highest BCUT2D eigenvalue weighted by Gasteiger charge is 2.35. The standard InChI is InChI=1S/C25H24N4O5/c1-28(2)10-15(32)11-29-12-19(17-8-14(31)4-6-21(17)29)23-22(24(33)27-25(23)34)18-9-26-20-5-3-13(30)7-16(18)20/h3-9,12,15,26,30-32H,10-11H2,1-2H3,(H,27,33,34). The van der Waals surface area contributed by atoms with Gasteiger partial charge in [-0.25, -0.2) is 0 Å². The summed E-state index contributed by atoms with van der Waals surface area (Å²) in [6.07, 6.45) is 2.69. The fraction of sp³-hybridized carbons (Fsp3) is 0.200. The number of hydrogen-bond acceptors (Lipinski definition) is 6. The number of aliphatic hydroxyl groups excluding tert-OH is 1. The molecule has 1 atom stereocenters. The van der Waals surface area contributed by atoms with Crippen LogP contribution < -0.4 is 5.32 Å². The molecule has 5 rings (SSSR count). The first kappa shape index (κ1) is 21.7. The number of aromatic amines is 1. The molecule has 2 amide bonds. The first-order valence-electron chi connectivity index (χ1n) is 10.8. The number of phenolic OH excluding ortho intramolecular Hbond substituents is 2. The maximum Gasteiger partial charge on any atom is 0.259 e. The third-order valence-electron chi connectivity index (χ3n) is 5.98. The van der Waals surface area contributed by atoms with E-state index < -0.39 is 17.9 Å². The lowest BCUT2D eigenvalue weighted by molar-refractivity contribution is -0.122. The van der Waals surface area contributed by atoms with Gasteiger partial charge in [-0.1, -0.05) is 0 Å². The number of phenols is 2. The average molecular weight is 460 g/mol. The third kappa shape index (κ3) is 3.60. The van der Waals surface area contributed by atoms with Gasteiger partial charge in [0.2, 0.25) is 0 Å². The van der Waals surface area contributed by atoms with Crippen molar-refractivity contribution in [3.05, 3.63) is 59.9 Å². The molecule has 1 aliphatic rings. The van der Waals surface area contributed by atoms with Crippen molar-refractivity contribution in [2.45, 2.75) is 12.6 Å². The molecule has 0 radical (unpaired) electrons. The Bertz CT molecular complexity index is 1490. The second-order valence-electron chi connectivity index (χ2n) is 8.78. The molecule has 0 bridgehead atoms. The highest BCUT2D eigenvalue weighted by Crippen LogP contribution is 2.39. The van der Waals surface area contributed by atoms with E-state index in [0.29, 0.717) is 39.5 Å². The van der Waals surface area contributed by atoms with Crippen molar-refractivity contribution in [2.24, 2.45) is 0 Å². The lowest BCUT2D eigenvalue weighted by Gasteiger charge is -2.17. The summed E-state index contributed by atoms with van der Waals surface area (Å²) in [4.78, 5) is 30.9. The van der Waals surface area contributed by atoms with Gasteiger partial charge in [-0.2, -0.15) is 0 Å². The minimum atomic E-state index is -0.670. The Hall–Kier alpha value is -4.08. The molecule has 3 heterocycles. The average Bonchev–Trinajstić information content (AvgIpc) is 3.40. The molecule has 2 aromatic heterocycles. The number of hydrogen-bond donors (Lipinski definition) is 5. The Morgan fingerprint density at radius 2 is 1.59 bits per heavy atom. The summed E-state index contributed by atoms with van der Waals surface area (Å²) >= 11 is 0. The smallest absolute Gasteiger partial charge is 0.259 e. The van der Waals surface area contributed by atoms with Crippen LogP contribution in [0.1, 0.15) is 11.1 Å². The van der Waals surface area contributed by atoms with Crippen LogP contribution in [0.3, 0.4) is 0 Å². The van der Waals surface area contributed by atoms with Crippen molar-refractivity contribution < 1.29 is 24.9 Å². The summed E-state index contributed by atoms with van der Waals surface area (Å²) < 4.78 is 1.82. The highest BCUT2D eigenvalue weighted by atomic mass is 16.3. The second kappa shape index (κ2) is 8.05. The predicted molar refractivity (Wildman–Crippen MR) is 128 cm³/mol. The maximum atomic E-state index is 13.0. The van der Waals surface area contributed by atoms with E-state index in [-0.39, 0.29) is 29.2 Å². The largest absolute Gasteiger partial charge is 0.508 e. The molecule has 2 aromatic carbocycles. The summed E-state index contributed by atoms with van der Waals surface area (Å²) in [6.45, 7) is 0.706. The molecule has 1 unspecified atom stereocenters. The monoisotopic (exact) mass is 460 g/mol. The van der Waals surface area contributed by atoms with E-state index in [1.54, 1.807) is 36.7 Å². The summed E-state index contributed by atoms with van der Waals surface area (Å²) in [5.41, 5.74) is 2.72. The van der Waals surface area contributed by atoms with E-state index in [9.17, 15) is 24.9 Å². The number of nitrogens with zero attached hydrogens (tertiary/aromatic N) is 2. The number of nitrogens with one attached hydrogen (secondary N) is 2. The summed E-state index contributed by atoms with van der Waals surface area (Å²) in [5, 5.41) is 34.2. The van der Waals surface area contributed by atoms with Crippen LogP contribution in [0.15, 0.2) is 48.8 Å². The number of imide groups is 1. The van der Waals surface area contributed by atoms with E-state index >= 15 is 0 Å². The molecule has 1 aliphatic heterocycles. The van der Waals surface area contributed by atoms with Crippen molar-refractivity contribution in [2.75, 3.05) is 20.6 Å². The van der Waals surface area contributed by atoms with Crippen molar-refractivity contribution in [3.8, 4) is 11.5 Å². The Kier molecular flexibility index (Phi) is 5.15. The van der Waals surface area contributed by atoms with Crippen LogP contribution in [0.5, 0.6) is 11.5 Å². The Morgan fingerprint density at radius 3 is 2.29 bits per heavy atom. The molecule has 0 spiro atoms. The van der Waals surface area contributed by atoms with Gasteiger partial charge in [-0.3, -0.25) is 14.9 Å². The fourth-order valence-electron chi connectivity index (χ4n) is 4.63. The number of rotatable bonds is 6. The van der Waals surface area contributed by atoms with E-state index in [1.165, 1.54) is 12.1 Å². The molecule has 0 saturated heterocycles. The van der Waals surface area contributed by atoms with Crippen LogP contribution >= 0.6 is 0 Å². The van der Waals surface area contributed by atoms with Crippen molar-refractivity contribution >= 4 is 44.8 Å². The van der Waals surface area contributed by atoms with Crippen molar-refractivity contribution in [3.63, 3.8) is 0 Å². The zero-order valence-electron chi connectivity index (χ0n) is 18.7. The predicted octanol–water partition coefficient (Wildman–Crippen LogP) is 2.02.